The van der Waals surface area contributed by atoms with Crippen LogP contribution in [-0.2, 0) is 0 Å². The molecule has 0 amide bonds. The lowest BCUT2D eigenvalue weighted by Gasteiger charge is -1.96. The summed E-state index contributed by atoms with van der Waals surface area (Å²) in [4.78, 5) is 0. The highest BCUT2D eigenvalue weighted by atomic mass is 32.1. The van der Waals surface area contributed by atoms with Crippen molar-refractivity contribution in [1.29, 1.82) is 0 Å². The third-order valence-corrected chi connectivity index (χ3v) is 1.89. The van der Waals surface area contributed by atoms with Crippen LogP contribution < -0.4 is 0 Å². The van der Waals surface area contributed by atoms with Crippen LogP contribution in [0.2, 0.25) is 0 Å². The summed E-state index contributed by atoms with van der Waals surface area (Å²) in [6.07, 6.45) is 3.97. The van der Waals surface area contributed by atoms with Gasteiger partial charge in [0.1, 0.15) is 0 Å². The summed E-state index contributed by atoms with van der Waals surface area (Å²) in [5, 5.41) is 0. The van der Waals surface area contributed by atoms with Crippen molar-refractivity contribution < 1.29 is 0 Å². The first-order valence-corrected chi connectivity index (χ1v) is 4.77. The van der Waals surface area contributed by atoms with Gasteiger partial charge >= 0.3 is 0 Å². The van der Waals surface area contributed by atoms with Crippen molar-refractivity contribution in [2.75, 3.05) is 0 Å². The molecule has 58 valence electrons. The van der Waals surface area contributed by atoms with Crippen molar-refractivity contribution >= 4 is 58.1 Å². The smallest absolute Gasteiger partial charge is 0.0448 e. The maximum Gasteiger partial charge on any atom is 0.0448 e. The van der Waals surface area contributed by atoms with Crippen molar-refractivity contribution in [1.82, 2.24) is 0 Å². The van der Waals surface area contributed by atoms with Crippen LogP contribution in [0.1, 0.15) is 25.7 Å². The lowest BCUT2D eigenvalue weighted by Crippen LogP contribution is -1.86. The van der Waals surface area contributed by atoms with Gasteiger partial charge in [-0.15, -0.1) is 25.3 Å². The fourth-order valence-electron chi connectivity index (χ4n) is 0.552. The average Bonchev–Trinajstić information content (AvgIpc) is 1.79. The summed E-state index contributed by atoms with van der Waals surface area (Å²) in [5.74, 6) is 0. The zero-order valence-corrected chi connectivity index (χ0v) is 8.96. The second-order valence-electron chi connectivity index (χ2n) is 1.99. The van der Waals surface area contributed by atoms with Gasteiger partial charge in [-0.05, 0) is 25.7 Å². The molecule has 0 aromatic rings. The van der Waals surface area contributed by atoms with E-state index in [9.17, 15) is 0 Å². The highest BCUT2D eigenvalue weighted by Crippen LogP contribution is 2.05. The van der Waals surface area contributed by atoms with Crippen molar-refractivity contribution in [3.63, 3.8) is 0 Å². The maximum atomic E-state index is 4.79. The molecule has 0 N–H and O–H groups in total. The normalized spacial score (nSPS) is 9.40. The van der Waals surface area contributed by atoms with E-state index in [1.54, 1.807) is 0 Å². The Bertz CT molecular complexity index is 114. The number of hydrogen-bond acceptors (Lipinski definition) is 2. The van der Waals surface area contributed by atoms with Crippen molar-refractivity contribution in [3.05, 3.63) is 0 Å². The largest absolute Gasteiger partial charge is 0.136 e. The molecule has 0 radical (unpaired) electrons. The molecule has 0 spiro atoms. The minimum atomic E-state index is 0.782. The number of thiocarbonyl (C=S) groups is 2. The summed E-state index contributed by atoms with van der Waals surface area (Å²) in [5.41, 5.74) is 0. The van der Waals surface area contributed by atoms with Crippen LogP contribution in [0, 0.1) is 0 Å². The third-order valence-electron chi connectivity index (χ3n) is 1.03. The number of thiol groups is 2. The quantitative estimate of drug-likeness (QED) is 0.407. The molecule has 0 nitrogen and oxygen atoms in total. The van der Waals surface area contributed by atoms with Gasteiger partial charge in [0, 0.05) is 8.39 Å². The van der Waals surface area contributed by atoms with E-state index in [0.717, 1.165) is 34.1 Å². The molecule has 0 fully saturated rings. The van der Waals surface area contributed by atoms with Crippen LogP contribution >= 0.6 is 49.7 Å². The average molecular weight is 210 g/mol. The lowest BCUT2D eigenvalue weighted by atomic mass is 10.2. The molecule has 0 saturated carbocycles. The van der Waals surface area contributed by atoms with Crippen LogP contribution in [-0.4, -0.2) is 8.39 Å². The van der Waals surface area contributed by atoms with Crippen molar-refractivity contribution in [2.45, 2.75) is 25.7 Å². The molecule has 0 rings (SSSR count). The Morgan fingerprint density at radius 3 is 1.40 bits per heavy atom. The fourth-order valence-corrected chi connectivity index (χ4v) is 1.16. The highest BCUT2D eigenvalue weighted by molar-refractivity contribution is 8.11. The van der Waals surface area contributed by atoms with E-state index >= 15 is 0 Å². The van der Waals surface area contributed by atoms with Gasteiger partial charge in [-0.2, -0.15) is 0 Å². The van der Waals surface area contributed by atoms with Crippen molar-refractivity contribution in [3.8, 4) is 0 Å². The first-order valence-electron chi connectivity index (χ1n) is 3.06. The fraction of sp³-hybridized carbons (Fsp3) is 0.667. The van der Waals surface area contributed by atoms with Crippen molar-refractivity contribution in [2.24, 2.45) is 0 Å². The van der Waals surface area contributed by atoms with Gasteiger partial charge in [0.25, 0.3) is 0 Å². The van der Waals surface area contributed by atoms with Crippen LogP contribution in [0.5, 0.6) is 0 Å². The van der Waals surface area contributed by atoms with Gasteiger partial charge in [0.15, 0.2) is 0 Å². The Kier molecular flexibility index (Phi) is 7.16. The molecule has 0 unspecified atom stereocenters. The molecule has 0 aromatic heterocycles. The monoisotopic (exact) mass is 210 g/mol. The van der Waals surface area contributed by atoms with E-state index in [4.69, 9.17) is 24.4 Å². The van der Waals surface area contributed by atoms with E-state index in [0.29, 0.717) is 0 Å². The summed E-state index contributed by atoms with van der Waals surface area (Å²) >= 11 is 17.6. The van der Waals surface area contributed by atoms with E-state index in [1.165, 1.54) is 0 Å². The molecule has 4 heteroatoms. The summed E-state index contributed by atoms with van der Waals surface area (Å²) in [6, 6.07) is 0. The molecule has 0 saturated heterocycles. The van der Waals surface area contributed by atoms with Crippen LogP contribution in [0.15, 0.2) is 0 Å². The molecule has 0 aliphatic rings. The third kappa shape index (κ3) is 8.88. The zero-order valence-electron chi connectivity index (χ0n) is 5.54. The molecule has 0 aliphatic heterocycles. The lowest BCUT2D eigenvalue weighted by molar-refractivity contribution is 0.810. The molecule has 0 bridgehead atoms. The van der Waals surface area contributed by atoms with Gasteiger partial charge in [-0.1, -0.05) is 24.4 Å². The minimum absolute atomic E-state index is 0.782. The second-order valence-corrected chi connectivity index (χ2v) is 4.66. The maximum absolute atomic E-state index is 4.79. The Labute approximate surface area is 83.6 Å². The molecule has 0 aromatic carbocycles. The Morgan fingerprint density at radius 2 is 1.20 bits per heavy atom. The predicted molar refractivity (Wildman–Crippen MR) is 61.6 cm³/mol. The molecule has 10 heavy (non-hydrogen) atoms. The Balaban J connectivity index is 3.06. The molecular weight excluding hydrogens is 200 g/mol. The van der Waals surface area contributed by atoms with Gasteiger partial charge in [0.2, 0.25) is 0 Å². The van der Waals surface area contributed by atoms with E-state index in [1.807, 2.05) is 0 Å². The highest BCUT2D eigenvalue weighted by Gasteiger charge is 1.92. The van der Waals surface area contributed by atoms with E-state index < -0.39 is 0 Å². The van der Waals surface area contributed by atoms with Crippen LogP contribution in [0.4, 0.5) is 0 Å². The SMILES string of the molecule is S=C(S)CCCCC(=S)S. The molecule has 0 aliphatic carbocycles. The second kappa shape index (κ2) is 6.58. The van der Waals surface area contributed by atoms with Gasteiger partial charge in [-0.25, -0.2) is 0 Å². The van der Waals surface area contributed by atoms with Gasteiger partial charge in [-0.3, -0.25) is 0 Å². The zero-order chi connectivity index (χ0) is 7.98. The first kappa shape index (κ1) is 10.9. The Hall–Kier alpha value is 0.880. The number of unbranched alkanes of at least 4 members (excludes halogenated alkanes) is 1. The standard InChI is InChI=1S/C6H10S4/c7-5(8)3-1-2-4-6(9)10/h1-4H2,(H,7,8)(H,9,10). The summed E-state index contributed by atoms with van der Waals surface area (Å²) in [7, 11) is 0. The van der Waals surface area contributed by atoms with Crippen LogP contribution in [0.25, 0.3) is 0 Å². The number of rotatable bonds is 5. The van der Waals surface area contributed by atoms with Gasteiger partial charge in [0.05, 0.1) is 0 Å². The van der Waals surface area contributed by atoms with E-state index in [2.05, 4.69) is 25.3 Å². The first-order chi connectivity index (χ1) is 4.63. The molecular formula is C6H10S4. The minimum Gasteiger partial charge on any atom is -0.136 e. The van der Waals surface area contributed by atoms with E-state index in [-0.39, 0.29) is 0 Å². The topological polar surface area (TPSA) is 0 Å². The predicted octanol–water partition coefficient (Wildman–Crippen LogP) is 3.06. The molecule has 0 atom stereocenters. The summed E-state index contributed by atoms with van der Waals surface area (Å²) in [6.45, 7) is 0. The number of hydrogen-bond donors (Lipinski definition) is 2. The van der Waals surface area contributed by atoms with Crippen LogP contribution in [0.3, 0.4) is 0 Å². The summed E-state index contributed by atoms with van der Waals surface area (Å²) < 4.78 is 1.56. The Morgan fingerprint density at radius 1 is 0.900 bits per heavy atom. The molecule has 0 heterocycles. The van der Waals surface area contributed by atoms with Gasteiger partial charge < -0.3 is 0 Å².